The fraction of sp³-hybridized carbons (Fsp3) is 0.650. The largest absolute Gasteiger partial charge is 0.394 e. The van der Waals surface area contributed by atoms with Gasteiger partial charge in [0.15, 0.2) is 18.7 Å². The van der Waals surface area contributed by atoms with Crippen LogP contribution in [0.3, 0.4) is 0 Å². The van der Waals surface area contributed by atoms with E-state index in [9.17, 15) is 41.0 Å². The van der Waals surface area contributed by atoms with E-state index in [2.05, 4.69) is 0 Å². The Morgan fingerprint density at radius 2 is 1.38 bits per heavy atom. The molecule has 1 aromatic carbocycles. The fourth-order valence-corrected chi connectivity index (χ4v) is 3.51. The second kappa shape index (κ2) is 10.9. The molecule has 0 aromatic heterocycles. The number of aliphatic hydroxyl groups excluding tert-OH is 7. The maximum Gasteiger partial charge on any atom is 0.188 e. The van der Waals surface area contributed by atoms with Crippen LogP contribution in [0, 0.1) is 11.3 Å². The summed E-state index contributed by atoms with van der Waals surface area (Å²) in [5.41, 5.74) is 0.487. The van der Waals surface area contributed by atoms with Crippen LogP contribution < -0.4 is 0 Å². The molecule has 0 radical (unpaired) electrons. The molecule has 0 saturated carbocycles. The van der Waals surface area contributed by atoms with Crippen LogP contribution in [0.15, 0.2) is 30.3 Å². The Bertz CT molecular complexity index is 760. The second-order valence-corrected chi connectivity index (χ2v) is 7.60. The SMILES string of the molecule is N#C[C@H](O[C@H]1O[C@H](CO[C@@H]2O[C@H](CO)[C@@H](O)[C@H](O)[C@H]2O)[C@@H](O)[C@H](O)[C@H]1O)c1ccccc1. The summed E-state index contributed by atoms with van der Waals surface area (Å²) in [6, 6.07) is 10.3. The summed E-state index contributed by atoms with van der Waals surface area (Å²) in [6.45, 7) is -1.14. The predicted molar refractivity (Wildman–Crippen MR) is 102 cm³/mol. The van der Waals surface area contributed by atoms with Crippen molar-refractivity contribution in [3.63, 3.8) is 0 Å². The number of benzene rings is 1. The van der Waals surface area contributed by atoms with E-state index in [0.29, 0.717) is 5.56 Å². The zero-order valence-electron chi connectivity index (χ0n) is 16.9. The van der Waals surface area contributed by atoms with Gasteiger partial charge in [0.05, 0.1) is 19.3 Å². The third-order valence-corrected chi connectivity index (χ3v) is 5.43. The molecule has 11 atom stereocenters. The molecule has 2 aliphatic heterocycles. The molecule has 2 saturated heterocycles. The standard InChI is InChI=1S/C20H27NO11/c21-6-10(9-4-2-1-3-5-9)30-20-18(28)16(26)14(24)12(32-20)8-29-19-17(27)15(25)13(23)11(7-22)31-19/h1-5,10-20,22-28H,7-8H2/t10-,11+,12+,13+,14+,15-,16-,17+,18+,19+,20-/m0/s1. The van der Waals surface area contributed by atoms with Crippen LogP contribution >= 0.6 is 0 Å². The van der Waals surface area contributed by atoms with E-state index < -0.39 is 80.7 Å². The Hall–Kier alpha value is -1.73. The minimum absolute atomic E-state index is 0.487. The van der Waals surface area contributed by atoms with Crippen LogP contribution in [0.25, 0.3) is 0 Å². The number of aliphatic hydroxyl groups is 7. The molecule has 0 amide bonds. The van der Waals surface area contributed by atoms with Crippen molar-refractivity contribution in [3.05, 3.63) is 35.9 Å². The lowest BCUT2D eigenvalue weighted by Crippen LogP contribution is -2.61. The Labute approximate surface area is 183 Å². The third kappa shape index (κ3) is 5.25. The molecular weight excluding hydrogens is 430 g/mol. The quantitative estimate of drug-likeness (QED) is 0.218. The highest BCUT2D eigenvalue weighted by Crippen LogP contribution is 2.28. The van der Waals surface area contributed by atoms with Crippen molar-refractivity contribution in [1.29, 1.82) is 5.26 Å². The summed E-state index contributed by atoms with van der Waals surface area (Å²) in [6.07, 6.45) is -16.5. The Kier molecular flexibility index (Phi) is 8.50. The van der Waals surface area contributed by atoms with Gasteiger partial charge in [-0.25, -0.2) is 0 Å². The molecule has 12 heteroatoms. The molecule has 0 aliphatic carbocycles. The number of ether oxygens (including phenoxy) is 4. The highest BCUT2D eigenvalue weighted by molar-refractivity contribution is 5.22. The summed E-state index contributed by atoms with van der Waals surface area (Å²) in [4.78, 5) is 0. The first kappa shape index (κ1) is 24.9. The van der Waals surface area contributed by atoms with Gasteiger partial charge in [0.1, 0.15) is 48.8 Å². The van der Waals surface area contributed by atoms with Gasteiger partial charge in [-0.3, -0.25) is 0 Å². The van der Waals surface area contributed by atoms with Crippen molar-refractivity contribution in [2.75, 3.05) is 13.2 Å². The maximum absolute atomic E-state index is 10.3. The van der Waals surface area contributed by atoms with E-state index in [1.54, 1.807) is 30.3 Å². The molecule has 178 valence electrons. The maximum atomic E-state index is 10.3. The summed E-state index contributed by atoms with van der Waals surface area (Å²) >= 11 is 0. The summed E-state index contributed by atoms with van der Waals surface area (Å²) in [7, 11) is 0. The van der Waals surface area contributed by atoms with Gasteiger partial charge in [0.2, 0.25) is 0 Å². The van der Waals surface area contributed by atoms with Crippen molar-refractivity contribution < 1.29 is 54.7 Å². The average molecular weight is 457 g/mol. The van der Waals surface area contributed by atoms with Crippen LogP contribution in [0.1, 0.15) is 11.7 Å². The van der Waals surface area contributed by atoms with E-state index in [-0.39, 0.29) is 0 Å². The lowest BCUT2D eigenvalue weighted by molar-refractivity contribution is -0.334. The first-order valence-electron chi connectivity index (χ1n) is 10.00. The van der Waals surface area contributed by atoms with Gasteiger partial charge >= 0.3 is 0 Å². The van der Waals surface area contributed by atoms with Crippen LogP contribution in [-0.4, -0.2) is 110 Å². The van der Waals surface area contributed by atoms with E-state index in [4.69, 9.17) is 18.9 Å². The molecule has 3 rings (SSSR count). The number of hydrogen-bond acceptors (Lipinski definition) is 12. The van der Waals surface area contributed by atoms with E-state index in [1.807, 2.05) is 6.07 Å². The number of nitriles is 1. The van der Waals surface area contributed by atoms with Gasteiger partial charge in [-0.05, 0) is 5.56 Å². The molecule has 0 spiro atoms. The van der Waals surface area contributed by atoms with Crippen molar-refractivity contribution in [3.8, 4) is 6.07 Å². The zero-order chi connectivity index (χ0) is 23.4. The van der Waals surface area contributed by atoms with Gasteiger partial charge in [0, 0.05) is 0 Å². The zero-order valence-corrected chi connectivity index (χ0v) is 16.9. The lowest BCUT2D eigenvalue weighted by Gasteiger charge is -2.43. The topological polar surface area (TPSA) is 202 Å². The third-order valence-electron chi connectivity index (χ3n) is 5.43. The Morgan fingerprint density at radius 3 is 1.97 bits per heavy atom. The van der Waals surface area contributed by atoms with Crippen LogP contribution in [-0.2, 0) is 18.9 Å². The van der Waals surface area contributed by atoms with Gasteiger partial charge in [0.25, 0.3) is 0 Å². The lowest BCUT2D eigenvalue weighted by atomic mass is 9.98. The van der Waals surface area contributed by atoms with Gasteiger partial charge in [-0.1, -0.05) is 30.3 Å². The van der Waals surface area contributed by atoms with Crippen molar-refractivity contribution in [2.24, 2.45) is 0 Å². The molecule has 2 fully saturated rings. The molecule has 32 heavy (non-hydrogen) atoms. The predicted octanol–water partition coefficient (Wildman–Crippen LogP) is -3.11. The van der Waals surface area contributed by atoms with Gasteiger partial charge in [-0.15, -0.1) is 0 Å². The average Bonchev–Trinajstić information content (AvgIpc) is 2.81. The van der Waals surface area contributed by atoms with Gasteiger partial charge in [-0.2, -0.15) is 5.26 Å². The van der Waals surface area contributed by atoms with Crippen LogP contribution in [0.5, 0.6) is 0 Å². The summed E-state index contributed by atoms with van der Waals surface area (Å²) in [5.74, 6) is 0. The highest BCUT2D eigenvalue weighted by Gasteiger charge is 2.48. The first-order chi connectivity index (χ1) is 15.3. The van der Waals surface area contributed by atoms with Crippen LogP contribution in [0.4, 0.5) is 0 Å². The Morgan fingerprint density at radius 1 is 0.812 bits per heavy atom. The van der Waals surface area contributed by atoms with Gasteiger partial charge < -0.3 is 54.7 Å². The molecule has 12 nitrogen and oxygen atoms in total. The summed E-state index contributed by atoms with van der Waals surface area (Å²) in [5, 5.41) is 79.1. The smallest absolute Gasteiger partial charge is 0.188 e. The molecule has 2 heterocycles. The number of nitrogens with zero attached hydrogens (tertiary/aromatic N) is 1. The highest BCUT2D eigenvalue weighted by atomic mass is 16.7. The van der Waals surface area contributed by atoms with E-state index >= 15 is 0 Å². The minimum Gasteiger partial charge on any atom is -0.394 e. The van der Waals surface area contributed by atoms with Crippen molar-refractivity contribution in [2.45, 2.75) is 67.5 Å². The fourth-order valence-electron chi connectivity index (χ4n) is 3.51. The number of rotatable bonds is 7. The first-order valence-corrected chi connectivity index (χ1v) is 10.00. The molecular formula is C20H27NO11. The molecule has 0 unspecified atom stereocenters. The van der Waals surface area contributed by atoms with E-state index in [1.165, 1.54) is 0 Å². The molecule has 7 N–H and O–H groups in total. The normalized spacial score (nSPS) is 41.1. The molecule has 1 aromatic rings. The monoisotopic (exact) mass is 457 g/mol. The minimum atomic E-state index is -1.70. The van der Waals surface area contributed by atoms with E-state index in [0.717, 1.165) is 0 Å². The molecule has 0 bridgehead atoms. The van der Waals surface area contributed by atoms with Crippen molar-refractivity contribution in [1.82, 2.24) is 0 Å². The Balaban J connectivity index is 1.65. The second-order valence-electron chi connectivity index (χ2n) is 7.60. The summed E-state index contributed by atoms with van der Waals surface area (Å²) < 4.78 is 21.6. The molecule has 2 aliphatic rings. The number of hydrogen-bond donors (Lipinski definition) is 7. The van der Waals surface area contributed by atoms with Crippen LogP contribution in [0.2, 0.25) is 0 Å². The van der Waals surface area contributed by atoms with Crippen molar-refractivity contribution >= 4 is 0 Å².